The number of hydrogen-bond acceptors (Lipinski definition) is 6. The van der Waals surface area contributed by atoms with Crippen molar-refractivity contribution in [2.24, 2.45) is 17.4 Å². The fourth-order valence-corrected chi connectivity index (χ4v) is 7.38. The number of carbonyl (C=O) groups is 3. The van der Waals surface area contributed by atoms with Crippen molar-refractivity contribution in [3.8, 4) is 5.75 Å². The normalized spacial score (nSPS) is 14.2. The van der Waals surface area contributed by atoms with Gasteiger partial charge in [0.2, 0.25) is 17.7 Å². The second kappa shape index (κ2) is 18.0. The maximum Gasteiger partial charge on any atom is 0.240 e. The van der Waals surface area contributed by atoms with E-state index in [0.29, 0.717) is 77.0 Å². The van der Waals surface area contributed by atoms with Gasteiger partial charge in [-0.2, -0.15) is 0 Å². The van der Waals surface area contributed by atoms with Crippen LogP contribution in [-0.4, -0.2) is 46.7 Å². The van der Waals surface area contributed by atoms with Crippen LogP contribution in [0.5, 0.6) is 5.75 Å². The predicted octanol–water partition coefficient (Wildman–Crippen LogP) is 7.09. The van der Waals surface area contributed by atoms with Gasteiger partial charge >= 0.3 is 0 Å². The summed E-state index contributed by atoms with van der Waals surface area (Å²) in [5.74, 6) is 0.309. The number of ether oxygens (including phenoxy) is 1. The summed E-state index contributed by atoms with van der Waals surface area (Å²) in [7, 11) is 1.54. The molecule has 13 heteroatoms. The molecule has 4 aromatic rings. The molecular weight excluding hydrogens is 756 g/mol. The minimum absolute atomic E-state index is 0.0223. The summed E-state index contributed by atoms with van der Waals surface area (Å²) in [6.07, 6.45) is 0.652. The van der Waals surface area contributed by atoms with Crippen LogP contribution in [0, 0.1) is 5.92 Å². The molecule has 1 unspecified atom stereocenters. The van der Waals surface area contributed by atoms with Crippen molar-refractivity contribution in [2.45, 2.75) is 71.5 Å². The molecule has 2 heterocycles. The van der Waals surface area contributed by atoms with Gasteiger partial charge in [0.15, 0.2) is 0 Å². The average molecular weight is 800 g/mol. The van der Waals surface area contributed by atoms with E-state index in [1.807, 2.05) is 56.3 Å². The first kappa shape index (κ1) is 40.4. The largest absolute Gasteiger partial charge is 0.496 e. The third-order valence-electron chi connectivity index (χ3n) is 9.30. The van der Waals surface area contributed by atoms with Crippen LogP contribution in [-0.2, 0) is 59.9 Å². The number of nitrogens with one attached hydrogen (secondary N) is 1. The summed E-state index contributed by atoms with van der Waals surface area (Å²) in [6, 6.07) is 21.2. The van der Waals surface area contributed by atoms with E-state index in [-0.39, 0.29) is 23.6 Å². The number of methoxy groups -OCH3 is 1. The van der Waals surface area contributed by atoms with Gasteiger partial charge in [0.1, 0.15) is 5.75 Å². The molecule has 3 amide bonds. The van der Waals surface area contributed by atoms with Gasteiger partial charge in [0.25, 0.3) is 0 Å². The van der Waals surface area contributed by atoms with Crippen molar-refractivity contribution in [3.05, 3.63) is 132 Å². The zero-order valence-corrected chi connectivity index (χ0v) is 32.8. The number of nitrogens with zero attached hydrogens (tertiary/aromatic N) is 2. The lowest BCUT2D eigenvalue weighted by atomic mass is 10.0. The fraction of sp³-hybridized carbons (Fsp3) is 0.325. The highest BCUT2D eigenvalue weighted by atomic mass is 35.5. The van der Waals surface area contributed by atoms with E-state index in [4.69, 9.17) is 62.6 Å². The highest BCUT2D eigenvalue weighted by Crippen LogP contribution is 2.32. The standard InChI is InChI=1S/C22H25Cl2N3O2.C18H18Cl2N2O2/c1-13(2)21(28)26-10-14-3-4-16-11-27(12-17(16)7-14)22(29)20(25)8-15-5-6-18(23)9-19(15)24;1-24-17-7-13(19)6-15(20)14(17)8-16(21)18(23)22-9-11-4-2-3-5-12(11)10-22/h3-7,9,13,20H,8,10-12,25H2,1-2H3,(H,26,28);2-7,16H,8-10,21H2,1H3/t20-;/m1./s1. The molecule has 2 atom stereocenters. The number of halogens is 4. The summed E-state index contributed by atoms with van der Waals surface area (Å²) in [5.41, 5.74) is 19.4. The molecule has 0 saturated heterocycles. The van der Waals surface area contributed by atoms with Gasteiger partial charge < -0.3 is 31.3 Å². The van der Waals surface area contributed by atoms with Crippen LogP contribution < -0.4 is 21.5 Å². The molecule has 9 nitrogen and oxygen atoms in total. The molecule has 0 spiro atoms. The van der Waals surface area contributed by atoms with Crippen LogP contribution in [0.3, 0.4) is 0 Å². The molecule has 4 aromatic carbocycles. The van der Waals surface area contributed by atoms with E-state index in [2.05, 4.69) is 5.32 Å². The summed E-state index contributed by atoms with van der Waals surface area (Å²) < 4.78 is 5.31. The summed E-state index contributed by atoms with van der Waals surface area (Å²) >= 11 is 24.4. The van der Waals surface area contributed by atoms with E-state index in [0.717, 1.165) is 22.3 Å². The minimum atomic E-state index is -0.688. The second-order valence-corrected chi connectivity index (χ2v) is 15.2. The topological polar surface area (TPSA) is 131 Å². The molecule has 0 radical (unpaired) electrons. The highest BCUT2D eigenvalue weighted by Gasteiger charge is 2.29. The minimum Gasteiger partial charge on any atom is -0.496 e. The Bertz CT molecular complexity index is 1970. The molecule has 0 bridgehead atoms. The molecule has 6 rings (SSSR count). The molecular formula is C40H43Cl4N5O4. The monoisotopic (exact) mass is 797 g/mol. The van der Waals surface area contributed by atoms with Crippen LogP contribution in [0.25, 0.3) is 0 Å². The lowest BCUT2D eigenvalue weighted by Crippen LogP contribution is -2.42. The zero-order valence-electron chi connectivity index (χ0n) is 29.8. The molecule has 53 heavy (non-hydrogen) atoms. The van der Waals surface area contributed by atoms with Crippen molar-refractivity contribution in [1.29, 1.82) is 0 Å². The van der Waals surface area contributed by atoms with Gasteiger partial charge in [0.05, 0.1) is 19.2 Å². The van der Waals surface area contributed by atoms with Gasteiger partial charge in [-0.15, -0.1) is 0 Å². The molecule has 0 aromatic heterocycles. The number of nitrogens with two attached hydrogens (primary N) is 2. The quantitative estimate of drug-likeness (QED) is 0.157. The number of carbonyl (C=O) groups excluding carboxylic acids is 3. The van der Waals surface area contributed by atoms with Crippen LogP contribution in [0.1, 0.15) is 52.8 Å². The first-order valence-electron chi connectivity index (χ1n) is 17.2. The van der Waals surface area contributed by atoms with Gasteiger partial charge in [-0.1, -0.05) is 109 Å². The Balaban J connectivity index is 0.000000208. The molecule has 0 aliphatic carbocycles. The smallest absolute Gasteiger partial charge is 0.240 e. The van der Waals surface area contributed by atoms with Gasteiger partial charge in [-0.05, 0) is 64.1 Å². The number of amides is 3. The third-order valence-corrected chi connectivity index (χ3v) is 10.4. The van der Waals surface area contributed by atoms with Crippen LogP contribution >= 0.6 is 46.4 Å². The first-order chi connectivity index (χ1) is 25.2. The molecule has 0 saturated carbocycles. The lowest BCUT2D eigenvalue weighted by Gasteiger charge is -2.21. The third kappa shape index (κ3) is 10.2. The molecule has 2 aliphatic rings. The molecule has 5 N–H and O–H groups in total. The van der Waals surface area contributed by atoms with E-state index in [9.17, 15) is 14.4 Å². The van der Waals surface area contributed by atoms with Gasteiger partial charge in [0, 0.05) is 70.7 Å². The predicted molar refractivity (Wildman–Crippen MR) is 211 cm³/mol. The summed E-state index contributed by atoms with van der Waals surface area (Å²) in [6.45, 7) is 6.44. The number of rotatable bonds is 10. The lowest BCUT2D eigenvalue weighted by molar-refractivity contribution is -0.133. The van der Waals surface area contributed by atoms with Gasteiger partial charge in [-0.3, -0.25) is 14.4 Å². The maximum absolute atomic E-state index is 12.8. The van der Waals surface area contributed by atoms with Crippen LogP contribution in [0.4, 0.5) is 0 Å². The van der Waals surface area contributed by atoms with Crippen molar-refractivity contribution in [2.75, 3.05) is 7.11 Å². The Labute approximate surface area is 330 Å². The first-order valence-corrected chi connectivity index (χ1v) is 18.7. The average Bonchev–Trinajstić information content (AvgIpc) is 3.76. The number of benzene rings is 4. The van der Waals surface area contributed by atoms with Crippen molar-refractivity contribution < 1.29 is 19.1 Å². The zero-order chi connectivity index (χ0) is 38.4. The van der Waals surface area contributed by atoms with Crippen molar-refractivity contribution >= 4 is 64.1 Å². The van der Waals surface area contributed by atoms with Crippen LogP contribution in [0.2, 0.25) is 20.1 Å². The molecule has 2 aliphatic heterocycles. The SMILES string of the molecule is CC(C)C(=O)NCc1ccc2c(c1)CN(C(=O)[C@H](N)Cc1ccc(Cl)cc1Cl)C2.COc1cc(Cl)cc(Cl)c1CC(N)C(=O)N1Cc2ccccc2C1. The highest BCUT2D eigenvalue weighted by molar-refractivity contribution is 6.35. The van der Waals surface area contributed by atoms with Gasteiger partial charge in [-0.25, -0.2) is 0 Å². The second-order valence-electron chi connectivity index (χ2n) is 13.6. The Kier molecular flexibility index (Phi) is 13.7. The van der Waals surface area contributed by atoms with Crippen LogP contribution in [0.15, 0.2) is 72.8 Å². The van der Waals surface area contributed by atoms with Crippen molar-refractivity contribution in [3.63, 3.8) is 0 Å². The molecule has 0 fully saturated rings. The Morgan fingerprint density at radius 1 is 0.717 bits per heavy atom. The van der Waals surface area contributed by atoms with Crippen molar-refractivity contribution in [1.82, 2.24) is 15.1 Å². The Morgan fingerprint density at radius 2 is 1.28 bits per heavy atom. The molecule has 280 valence electrons. The van der Waals surface area contributed by atoms with E-state index < -0.39 is 12.1 Å². The maximum atomic E-state index is 12.8. The summed E-state index contributed by atoms with van der Waals surface area (Å²) in [4.78, 5) is 40.8. The van der Waals surface area contributed by atoms with E-state index >= 15 is 0 Å². The Hall–Kier alpha value is -3.83. The number of fused-ring (bicyclic) bond motifs is 2. The summed E-state index contributed by atoms with van der Waals surface area (Å²) in [5, 5.41) is 4.91. The van der Waals surface area contributed by atoms with E-state index in [1.54, 1.807) is 40.1 Å². The van der Waals surface area contributed by atoms with E-state index in [1.165, 1.54) is 18.2 Å². The number of hydrogen-bond donors (Lipinski definition) is 3. The fourth-order valence-electron chi connectivity index (χ4n) is 6.34. The Morgan fingerprint density at radius 3 is 1.87 bits per heavy atom.